The highest BCUT2D eigenvalue weighted by Crippen LogP contribution is 2.41. The topological polar surface area (TPSA) is 359 Å². The van der Waals surface area contributed by atoms with Crippen molar-refractivity contribution in [2.24, 2.45) is 46.3 Å². The lowest BCUT2D eigenvalue weighted by Gasteiger charge is -2.39. The van der Waals surface area contributed by atoms with E-state index in [2.05, 4.69) is 62.5 Å². The summed E-state index contributed by atoms with van der Waals surface area (Å²) in [5, 5.41) is 23.7. The van der Waals surface area contributed by atoms with Crippen molar-refractivity contribution in [3.63, 3.8) is 0 Å². The van der Waals surface area contributed by atoms with Gasteiger partial charge in [-0.25, -0.2) is 9.97 Å². The van der Waals surface area contributed by atoms with Gasteiger partial charge in [-0.05, 0) is 149 Å². The Morgan fingerprint density at radius 2 is 0.837 bits per heavy atom. The highest BCUT2D eigenvalue weighted by atomic mass is 16.2. The molecule has 26 heteroatoms. The van der Waals surface area contributed by atoms with Gasteiger partial charge in [0.25, 0.3) is 35.4 Å². The van der Waals surface area contributed by atoms with E-state index in [1.165, 1.54) is 37.2 Å². The second-order valence-corrected chi connectivity index (χ2v) is 30.9. The molecule has 8 fully saturated rings. The first-order valence-corrected chi connectivity index (χ1v) is 36.5. The van der Waals surface area contributed by atoms with Crippen molar-refractivity contribution in [3.05, 3.63) is 48.6 Å². The zero-order valence-electron chi connectivity index (χ0n) is 58.7. The summed E-state index contributed by atoms with van der Waals surface area (Å²) in [5.41, 5.74) is -1.69. The number of nitrogens with zero attached hydrogens (tertiary/aromatic N) is 6. The van der Waals surface area contributed by atoms with Crippen molar-refractivity contribution in [1.29, 1.82) is 0 Å². The van der Waals surface area contributed by atoms with Crippen LogP contribution in [0, 0.1) is 46.3 Å². The Kier molecular flexibility index (Phi) is 25.6. The molecule has 10 amide bonds. The molecule has 98 heavy (non-hydrogen) atoms. The standard InChI is InChI=1S/2C36H53N7O6/c2*1-5-10-26(29(44)33(47)40-23-15-16-23)43(34(48)28-24-14-9-13-22(24)19-39-28)35(49)30(36(2,3)4)42-32(46)27(21-11-7-6-8-12-21)41-31(45)25-20-37-17-18-38-25/h2*17-18,20-24,26-28,30,39H,5-16,19H2,1-4H3,(H,40,47)(H,41,45)(H,42,46)/t2*22-,24-,26-,27-,28-,30+/m00/s1. The first-order chi connectivity index (χ1) is 46.8. The van der Waals surface area contributed by atoms with Gasteiger partial charge in [0.15, 0.2) is 0 Å². The Balaban J connectivity index is 0.000000229. The van der Waals surface area contributed by atoms with Gasteiger partial charge >= 0.3 is 0 Å². The number of carbonyl (C=O) groups excluding carboxylic acids is 12. The van der Waals surface area contributed by atoms with Gasteiger partial charge < -0.3 is 42.5 Å². The Labute approximate surface area is 576 Å². The number of imide groups is 2. The highest BCUT2D eigenvalue weighted by molar-refractivity contribution is 6.39. The number of aromatic nitrogens is 4. The molecule has 2 saturated heterocycles. The van der Waals surface area contributed by atoms with E-state index in [4.69, 9.17) is 0 Å². The fraction of sp³-hybridized carbons (Fsp3) is 0.722. The number of ketones is 2. The Morgan fingerprint density at radius 1 is 0.469 bits per heavy atom. The van der Waals surface area contributed by atoms with E-state index < -0.39 is 130 Å². The van der Waals surface area contributed by atoms with E-state index >= 15 is 0 Å². The van der Waals surface area contributed by atoms with Crippen LogP contribution in [0.15, 0.2) is 37.2 Å². The minimum absolute atomic E-state index is 0.0233. The molecule has 0 unspecified atom stereocenters. The molecule has 6 aliphatic carbocycles. The fourth-order valence-corrected chi connectivity index (χ4v) is 15.7. The van der Waals surface area contributed by atoms with Crippen LogP contribution in [0.5, 0.6) is 0 Å². The monoisotopic (exact) mass is 1360 g/mol. The average Bonchev–Trinajstić information content (AvgIpc) is 1.50. The SMILES string of the molecule is CCC[C@@H](C(=O)C(=O)NC1CC1)N(C(=O)[C@H]1NC[C@@H]2CCC[C@@H]21)C(=O)[C@@H](NC(=O)[C@@H](NC(=O)c1cnccn1)C1CCCCC1)C(C)(C)C.CCC[C@@H](C(=O)C(=O)NC1CC1)N(C(=O)[C@H]1NC[C@@H]2CCC[C@@H]21)C(=O)[C@@H](NC(=O)[C@@H](NC(=O)c1cnccn1)C1CCCCC1)C(C)(C)C. The van der Waals surface area contributed by atoms with Crippen LogP contribution < -0.4 is 42.5 Å². The largest absolute Gasteiger partial charge is 0.347 e. The van der Waals surface area contributed by atoms with Gasteiger partial charge in [-0.15, -0.1) is 0 Å². The third-order valence-electron chi connectivity index (χ3n) is 21.4. The summed E-state index contributed by atoms with van der Waals surface area (Å²) in [6.45, 7) is 15.7. The third-order valence-corrected chi connectivity index (χ3v) is 21.4. The van der Waals surface area contributed by atoms with Crippen molar-refractivity contribution in [2.75, 3.05) is 13.1 Å². The number of nitrogens with one attached hydrogen (secondary N) is 8. The molecule has 2 aromatic heterocycles. The molecule has 0 radical (unpaired) electrons. The molecule has 6 saturated carbocycles. The van der Waals surface area contributed by atoms with Crippen molar-refractivity contribution in [2.45, 2.75) is 270 Å². The number of rotatable bonds is 26. The summed E-state index contributed by atoms with van der Waals surface area (Å²) < 4.78 is 0. The molecule has 0 aromatic carbocycles. The van der Waals surface area contributed by atoms with Gasteiger partial charge in [0.05, 0.1) is 24.5 Å². The summed E-state index contributed by atoms with van der Waals surface area (Å²) in [6.07, 6.45) is 26.7. The Hall–Kier alpha value is -7.48. The quantitative estimate of drug-likeness (QED) is 0.0581. The van der Waals surface area contributed by atoms with Crippen molar-refractivity contribution in [3.8, 4) is 0 Å². The second kappa shape index (κ2) is 33.6. The first kappa shape index (κ1) is 74.7. The molecule has 8 aliphatic rings. The lowest BCUT2D eigenvalue weighted by atomic mass is 9.81. The molecule has 0 bridgehead atoms. The maximum Gasteiger partial charge on any atom is 0.289 e. The Morgan fingerprint density at radius 3 is 1.15 bits per heavy atom. The van der Waals surface area contributed by atoms with Crippen LogP contribution >= 0.6 is 0 Å². The normalized spacial score (nSPS) is 24.2. The number of Topliss-reactive ketones (excluding diaryl/α,β-unsaturated/α-hetero) is 2. The molecule has 2 aromatic rings. The number of fused-ring (bicyclic) bond motifs is 2. The number of carbonyl (C=O) groups is 12. The lowest BCUT2D eigenvalue weighted by Crippen LogP contribution is -2.65. The minimum Gasteiger partial charge on any atom is -0.347 e. The van der Waals surface area contributed by atoms with E-state index in [0.717, 1.165) is 138 Å². The summed E-state index contributed by atoms with van der Waals surface area (Å²) in [5.74, 6) is -7.70. The van der Waals surface area contributed by atoms with Crippen molar-refractivity contribution >= 4 is 70.6 Å². The van der Waals surface area contributed by atoms with Crippen LogP contribution in [0.25, 0.3) is 0 Å². The molecule has 0 spiro atoms. The van der Waals surface area contributed by atoms with E-state index in [-0.39, 0.29) is 60.0 Å². The van der Waals surface area contributed by atoms with Gasteiger partial charge in [-0.1, -0.05) is 120 Å². The maximum absolute atomic E-state index is 14.9. The summed E-state index contributed by atoms with van der Waals surface area (Å²) in [4.78, 5) is 186. The van der Waals surface area contributed by atoms with E-state index in [1.807, 2.05) is 13.8 Å². The van der Waals surface area contributed by atoms with Gasteiger partial charge in [-0.2, -0.15) is 0 Å². The zero-order chi connectivity index (χ0) is 70.6. The molecule has 12 atom stereocenters. The molecule has 4 heterocycles. The predicted octanol–water partition coefficient (Wildman–Crippen LogP) is 4.89. The molecule has 2 aliphatic heterocycles. The predicted molar refractivity (Wildman–Crippen MR) is 361 cm³/mol. The number of hydrogen-bond acceptors (Lipinski definition) is 18. The zero-order valence-corrected chi connectivity index (χ0v) is 58.7. The van der Waals surface area contributed by atoms with Crippen LogP contribution in [0.4, 0.5) is 0 Å². The maximum atomic E-state index is 14.9. The summed E-state index contributed by atoms with van der Waals surface area (Å²) >= 11 is 0. The lowest BCUT2D eigenvalue weighted by molar-refractivity contribution is -0.159. The van der Waals surface area contributed by atoms with Gasteiger partial charge in [-0.3, -0.25) is 77.3 Å². The fourth-order valence-electron chi connectivity index (χ4n) is 15.7. The smallest absolute Gasteiger partial charge is 0.289 e. The Bertz CT molecular complexity index is 2980. The summed E-state index contributed by atoms with van der Waals surface area (Å²) in [6, 6.07) is -8.58. The average molecular weight is 1360 g/mol. The highest BCUT2D eigenvalue weighted by Gasteiger charge is 2.53. The molecular formula is C72H106N14O12. The van der Waals surface area contributed by atoms with Gasteiger partial charge in [0.1, 0.15) is 47.6 Å². The van der Waals surface area contributed by atoms with Crippen LogP contribution in [0.1, 0.15) is 230 Å². The van der Waals surface area contributed by atoms with Gasteiger partial charge in [0.2, 0.25) is 35.2 Å². The van der Waals surface area contributed by atoms with Crippen molar-refractivity contribution < 1.29 is 57.5 Å². The molecule has 26 nitrogen and oxygen atoms in total. The molecular weight excluding hydrogens is 1250 g/mol. The molecule has 536 valence electrons. The molecule has 10 rings (SSSR count). The van der Waals surface area contributed by atoms with Crippen LogP contribution in [0.3, 0.4) is 0 Å². The van der Waals surface area contributed by atoms with Gasteiger partial charge in [0, 0.05) is 36.9 Å². The number of hydrogen-bond donors (Lipinski definition) is 8. The third kappa shape index (κ3) is 18.7. The minimum atomic E-state index is -1.32. The van der Waals surface area contributed by atoms with E-state index in [9.17, 15) is 57.5 Å². The van der Waals surface area contributed by atoms with E-state index in [1.54, 1.807) is 41.5 Å². The first-order valence-electron chi connectivity index (χ1n) is 36.5. The summed E-state index contributed by atoms with van der Waals surface area (Å²) in [7, 11) is 0. The molecule has 8 N–H and O–H groups in total. The van der Waals surface area contributed by atoms with Crippen LogP contribution in [-0.4, -0.2) is 174 Å². The van der Waals surface area contributed by atoms with Crippen molar-refractivity contribution in [1.82, 2.24) is 72.3 Å². The second-order valence-electron chi connectivity index (χ2n) is 30.9. The van der Waals surface area contributed by atoms with E-state index in [0.29, 0.717) is 37.8 Å². The van der Waals surface area contributed by atoms with Crippen LogP contribution in [0.2, 0.25) is 0 Å². The van der Waals surface area contributed by atoms with Crippen LogP contribution in [-0.2, 0) is 47.9 Å². The number of amides is 10.